The number of hydrogen-bond donors (Lipinski definition) is 0. The Hall–Kier alpha value is -2.89. The molecule has 1 aromatic heterocycles. The molecular weight excluding hydrogens is 384 g/mol. The van der Waals surface area contributed by atoms with Crippen molar-refractivity contribution in [1.29, 1.82) is 0 Å². The summed E-state index contributed by atoms with van der Waals surface area (Å²) in [6.07, 6.45) is 3.10. The summed E-state index contributed by atoms with van der Waals surface area (Å²) < 4.78 is 10.6. The fourth-order valence-corrected chi connectivity index (χ4v) is 3.02. The maximum Gasteiger partial charge on any atom is 0.353 e. The minimum absolute atomic E-state index is 0.151. The summed E-state index contributed by atoms with van der Waals surface area (Å²) in [4.78, 5) is 25.3. The fourth-order valence-electron chi connectivity index (χ4n) is 2.30. The molecule has 0 radical (unpaired) electrons. The van der Waals surface area contributed by atoms with Gasteiger partial charge >= 0.3 is 5.97 Å². The third-order valence-electron chi connectivity index (χ3n) is 3.68. The highest BCUT2D eigenvalue weighted by Crippen LogP contribution is 2.27. The summed E-state index contributed by atoms with van der Waals surface area (Å²) in [5, 5.41) is 2.40. The Morgan fingerprint density at radius 3 is 2.52 bits per heavy atom. The van der Waals surface area contributed by atoms with E-state index in [9.17, 15) is 9.59 Å². The Labute approximate surface area is 165 Å². The van der Waals surface area contributed by atoms with Crippen molar-refractivity contribution in [3.63, 3.8) is 0 Å². The van der Waals surface area contributed by atoms with E-state index in [1.165, 1.54) is 30.6 Å². The Morgan fingerprint density at radius 2 is 1.85 bits per heavy atom. The van der Waals surface area contributed by atoms with E-state index >= 15 is 0 Å². The van der Waals surface area contributed by atoms with Gasteiger partial charge in [-0.05, 0) is 47.4 Å². The molecule has 3 aromatic rings. The molecule has 0 atom stereocenters. The van der Waals surface area contributed by atoms with Crippen LogP contribution in [0.4, 0.5) is 0 Å². The van der Waals surface area contributed by atoms with Crippen LogP contribution in [-0.2, 0) is 0 Å². The molecule has 4 nitrogen and oxygen atoms in total. The number of rotatable bonds is 6. The number of benzene rings is 2. The summed E-state index contributed by atoms with van der Waals surface area (Å²) in [7, 11) is 1.50. The Kier molecular flexibility index (Phi) is 6.06. The van der Waals surface area contributed by atoms with Crippen LogP contribution in [0.5, 0.6) is 11.5 Å². The standard InChI is InChI=1S/C21H15ClO4S/c1-25-16-9-10-17(18(23)11-6-14-4-7-15(22)8-5-14)19(13-16)26-21(24)20-3-2-12-27-20/h2-13H,1H3/b11-6+. The van der Waals surface area contributed by atoms with Gasteiger partial charge in [-0.3, -0.25) is 4.79 Å². The first-order chi connectivity index (χ1) is 13.1. The molecule has 0 aliphatic heterocycles. The number of halogens is 1. The molecule has 2 aromatic carbocycles. The maximum absolute atomic E-state index is 12.6. The van der Waals surface area contributed by atoms with E-state index in [1.54, 1.807) is 60.0 Å². The van der Waals surface area contributed by atoms with E-state index in [2.05, 4.69) is 0 Å². The van der Waals surface area contributed by atoms with Crippen molar-refractivity contribution in [3.05, 3.63) is 87.1 Å². The Bertz CT molecular complexity index is 976. The highest BCUT2D eigenvalue weighted by atomic mass is 35.5. The van der Waals surface area contributed by atoms with E-state index in [1.807, 2.05) is 0 Å². The molecule has 0 amide bonds. The van der Waals surface area contributed by atoms with Crippen molar-refractivity contribution in [3.8, 4) is 11.5 Å². The Balaban J connectivity index is 1.86. The van der Waals surface area contributed by atoms with Gasteiger partial charge in [0.15, 0.2) is 5.78 Å². The molecule has 0 N–H and O–H groups in total. The first-order valence-electron chi connectivity index (χ1n) is 7.98. The molecule has 27 heavy (non-hydrogen) atoms. The quantitative estimate of drug-likeness (QED) is 0.237. The molecule has 136 valence electrons. The Morgan fingerprint density at radius 1 is 1.07 bits per heavy atom. The van der Waals surface area contributed by atoms with Gasteiger partial charge in [-0.1, -0.05) is 35.9 Å². The molecule has 0 aliphatic carbocycles. The third kappa shape index (κ3) is 4.84. The van der Waals surface area contributed by atoms with E-state index in [-0.39, 0.29) is 17.1 Å². The lowest BCUT2D eigenvalue weighted by Gasteiger charge is -2.09. The second-order valence-electron chi connectivity index (χ2n) is 5.48. The number of carbonyl (C=O) groups excluding carboxylic acids is 2. The highest BCUT2D eigenvalue weighted by Gasteiger charge is 2.17. The van der Waals surface area contributed by atoms with Gasteiger partial charge in [0.2, 0.25) is 0 Å². The van der Waals surface area contributed by atoms with Gasteiger partial charge in [0.25, 0.3) is 0 Å². The number of ether oxygens (including phenoxy) is 2. The van der Waals surface area contributed by atoms with Crippen molar-refractivity contribution in [2.45, 2.75) is 0 Å². The smallest absolute Gasteiger partial charge is 0.353 e. The average molecular weight is 399 g/mol. The van der Waals surface area contributed by atoms with Gasteiger partial charge < -0.3 is 9.47 Å². The minimum atomic E-state index is -0.519. The highest BCUT2D eigenvalue weighted by molar-refractivity contribution is 7.12. The van der Waals surface area contributed by atoms with Crippen LogP contribution in [0.2, 0.25) is 5.02 Å². The van der Waals surface area contributed by atoms with Gasteiger partial charge in [0, 0.05) is 11.1 Å². The second kappa shape index (κ2) is 8.66. The first kappa shape index (κ1) is 18.9. The molecule has 0 fully saturated rings. The number of ketones is 1. The molecular formula is C21H15ClO4S. The molecule has 6 heteroatoms. The zero-order valence-corrected chi connectivity index (χ0v) is 15.9. The molecule has 0 saturated carbocycles. The maximum atomic E-state index is 12.6. The van der Waals surface area contributed by atoms with Crippen LogP contribution < -0.4 is 9.47 Å². The van der Waals surface area contributed by atoms with Gasteiger partial charge in [-0.25, -0.2) is 4.79 Å². The summed E-state index contributed by atoms with van der Waals surface area (Å²) in [5.74, 6) is -0.170. The van der Waals surface area contributed by atoms with Gasteiger partial charge in [-0.15, -0.1) is 11.3 Å². The lowest BCUT2D eigenvalue weighted by Crippen LogP contribution is -2.10. The number of thiophene rings is 1. The SMILES string of the molecule is COc1ccc(C(=O)/C=C/c2ccc(Cl)cc2)c(OC(=O)c2cccs2)c1. The van der Waals surface area contributed by atoms with Crippen LogP contribution in [0.3, 0.4) is 0 Å². The molecule has 0 bridgehead atoms. The van der Waals surface area contributed by atoms with Crippen molar-refractivity contribution in [1.82, 2.24) is 0 Å². The zero-order valence-electron chi connectivity index (χ0n) is 14.3. The first-order valence-corrected chi connectivity index (χ1v) is 9.24. The normalized spacial score (nSPS) is 10.7. The van der Waals surface area contributed by atoms with Crippen LogP contribution in [-0.4, -0.2) is 18.9 Å². The van der Waals surface area contributed by atoms with E-state index < -0.39 is 5.97 Å². The van der Waals surface area contributed by atoms with E-state index in [4.69, 9.17) is 21.1 Å². The van der Waals surface area contributed by atoms with E-state index in [0.717, 1.165) is 5.56 Å². The predicted molar refractivity (Wildman–Crippen MR) is 107 cm³/mol. The lowest BCUT2D eigenvalue weighted by atomic mass is 10.1. The molecule has 1 heterocycles. The summed E-state index contributed by atoms with van der Waals surface area (Å²) in [6, 6.07) is 15.3. The number of hydrogen-bond acceptors (Lipinski definition) is 5. The second-order valence-corrected chi connectivity index (χ2v) is 6.86. The van der Waals surface area contributed by atoms with Crippen molar-refractivity contribution in [2.75, 3.05) is 7.11 Å². The van der Waals surface area contributed by atoms with Crippen LogP contribution >= 0.6 is 22.9 Å². The predicted octanol–water partition coefficient (Wildman–Crippen LogP) is 5.53. The number of methoxy groups -OCH3 is 1. The third-order valence-corrected chi connectivity index (χ3v) is 4.78. The molecule has 0 unspecified atom stereocenters. The van der Waals surface area contributed by atoms with Crippen LogP contribution in [0, 0.1) is 0 Å². The number of esters is 1. The average Bonchev–Trinajstić information content (AvgIpc) is 3.22. The van der Waals surface area contributed by atoms with Crippen molar-refractivity contribution in [2.24, 2.45) is 0 Å². The van der Waals surface area contributed by atoms with Crippen LogP contribution in [0.15, 0.2) is 66.1 Å². The summed E-state index contributed by atoms with van der Waals surface area (Å²) >= 11 is 7.13. The monoisotopic (exact) mass is 398 g/mol. The molecule has 0 saturated heterocycles. The minimum Gasteiger partial charge on any atom is -0.497 e. The summed E-state index contributed by atoms with van der Waals surface area (Å²) in [6.45, 7) is 0. The number of carbonyl (C=O) groups is 2. The van der Waals surface area contributed by atoms with Gasteiger partial charge in [0.05, 0.1) is 12.7 Å². The fraction of sp³-hybridized carbons (Fsp3) is 0.0476. The molecule has 0 spiro atoms. The largest absolute Gasteiger partial charge is 0.497 e. The molecule has 3 rings (SSSR count). The summed E-state index contributed by atoms with van der Waals surface area (Å²) in [5.41, 5.74) is 1.10. The number of allylic oxidation sites excluding steroid dienone is 1. The topological polar surface area (TPSA) is 52.6 Å². The van der Waals surface area contributed by atoms with Gasteiger partial charge in [0.1, 0.15) is 16.4 Å². The zero-order chi connectivity index (χ0) is 19.2. The van der Waals surface area contributed by atoms with E-state index in [0.29, 0.717) is 15.6 Å². The van der Waals surface area contributed by atoms with Gasteiger partial charge in [-0.2, -0.15) is 0 Å². The van der Waals surface area contributed by atoms with Crippen LogP contribution in [0.25, 0.3) is 6.08 Å². The molecule has 0 aliphatic rings. The van der Waals surface area contributed by atoms with Crippen LogP contribution in [0.1, 0.15) is 25.6 Å². The van der Waals surface area contributed by atoms with Crippen molar-refractivity contribution < 1.29 is 19.1 Å². The lowest BCUT2D eigenvalue weighted by molar-refractivity contribution is 0.0738. The van der Waals surface area contributed by atoms with Crippen molar-refractivity contribution >= 4 is 40.8 Å².